The van der Waals surface area contributed by atoms with Crippen molar-refractivity contribution in [2.24, 2.45) is 0 Å². The molecule has 0 N–H and O–H groups in total. The highest BCUT2D eigenvalue weighted by atomic mass is 19.1. The minimum atomic E-state index is -0.885. The average molecular weight is 374 g/mol. The van der Waals surface area contributed by atoms with Crippen LogP contribution >= 0.6 is 0 Å². The Labute approximate surface area is 154 Å². The Kier molecular flexibility index (Phi) is 6.83. The number of esters is 1. The van der Waals surface area contributed by atoms with Crippen LogP contribution in [-0.2, 0) is 9.53 Å². The van der Waals surface area contributed by atoms with Gasteiger partial charge in [0, 0.05) is 12.2 Å². The second-order valence-electron chi connectivity index (χ2n) is 5.36. The number of amides is 1. The molecule has 8 heteroatoms. The van der Waals surface area contributed by atoms with Gasteiger partial charge in [-0.3, -0.25) is 4.79 Å². The normalized spacial score (nSPS) is 10.0. The average Bonchev–Trinajstić information content (AvgIpc) is 2.67. The lowest BCUT2D eigenvalue weighted by molar-refractivity contribution is -0.121. The minimum Gasteiger partial charge on any atom is -0.494 e. The SMILES string of the molecule is COc1ccc(C(=O)OCC(=O)N(CCC#N)c2ccc(F)cc2)cc1F. The summed E-state index contributed by atoms with van der Waals surface area (Å²) in [7, 11) is 1.29. The van der Waals surface area contributed by atoms with Crippen LogP contribution in [0.25, 0.3) is 0 Å². The number of hydrogen-bond acceptors (Lipinski definition) is 5. The Hall–Kier alpha value is -3.47. The molecule has 140 valence electrons. The minimum absolute atomic E-state index is 0.0263. The van der Waals surface area contributed by atoms with E-state index >= 15 is 0 Å². The molecule has 6 nitrogen and oxygen atoms in total. The van der Waals surface area contributed by atoms with Gasteiger partial charge >= 0.3 is 5.97 Å². The number of nitrogens with zero attached hydrogens (tertiary/aromatic N) is 2. The predicted octanol–water partition coefficient (Wildman–Crippen LogP) is 3.08. The van der Waals surface area contributed by atoms with Gasteiger partial charge in [-0.15, -0.1) is 0 Å². The van der Waals surface area contributed by atoms with Gasteiger partial charge in [0.05, 0.1) is 25.2 Å². The fourth-order valence-corrected chi connectivity index (χ4v) is 2.26. The van der Waals surface area contributed by atoms with Crippen LogP contribution in [0.1, 0.15) is 16.8 Å². The number of hydrogen-bond donors (Lipinski definition) is 0. The monoisotopic (exact) mass is 374 g/mol. The van der Waals surface area contributed by atoms with Gasteiger partial charge < -0.3 is 14.4 Å². The lowest BCUT2D eigenvalue weighted by atomic mass is 10.2. The second-order valence-corrected chi connectivity index (χ2v) is 5.36. The molecule has 0 saturated carbocycles. The summed E-state index contributed by atoms with van der Waals surface area (Å²) in [4.78, 5) is 25.6. The maximum absolute atomic E-state index is 13.7. The number of halogens is 2. The fourth-order valence-electron chi connectivity index (χ4n) is 2.26. The smallest absolute Gasteiger partial charge is 0.338 e. The Morgan fingerprint density at radius 1 is 1.15 bits per heavy atom. The van der Waals surface area contributed by atoms with Crippen molar-refractivity contribution in [1.82, 2.24) is 0 Å². The van der Waals surface area contributed by atoms with Crippen LogP contribution in [0, 0.1) is 23.0 Å². The molecule has 0 heterocycles. The van der Waals surface area contributed by atoms with Gasteiger partial charge in [0.2, 0.25) is 0 Å². The molecule has 0 bridgehead atoms. The first-order valence-electron chi connectivity index (χ1n) is 7.89. The maximum atomic E-state index is 13.7. The highest BCUT2D eigenvalue weighted by Gasteiger charge is 2.19. The largest absolute Gasteiger partial charge is 0.494 e. The number of rotatable bonds is 7. The first kappa shape index (κ1) is 19.8. The number of benzene rings is 2. The molecule has 2 aromatic rings. The van der Waals surface area contributed by atoms with Gasteiger partial charge in [-0.25, -0.2) is 13.6 Å². The van der Waals surface area contributed by atoms with Gasteiger partial charge in [-0.1, -0.05) is 0 Å². The molecule has 2 rings (SSSR count). The van der Waals surface area contributed by atoms with E-state index in [0.29, 0.717) is 5.69 Å². The van der Waals surface area contributed by atoms with E-state index in [1.165, 1.54) is 48.4 Å². The third-order valence-corrected chi connectivity index (χ3v) is 3.60. The van der Waals surface area contributed by atoms with E-state index in [9.17, 15) is 18.4 Å². The molecule has 0 atom stereocenters. The van der Waals surface area contributed by atoms with Crippen molar-refractivity contribution in [1.29, 1.82) is 5.26 Å². The standard InChI is InChI=1S/C19H16F2N2O4/c1-26-17-8-3-13(11-16(17)21)19(25)27-12-18(24)23(10-2-9-22)15-6-4-14(20)5-7-15/h3-8,11H,2,10,12H2,1H3. The van der Waals surface area contributed by atoms with Crippen LogP contribution in [0.5, 0.6) is 5.75 Å². The van der Waals surface area contributed by atoms with E-state index in [0.717, 1.165) is 6.07 Å². The summed E-state index contributed by atoms with van der Waals surface area (Å²) >= 11 is 0. The second kappa shape index (κ2) is 9.29. The molecule has 0 saturated heterocycles. The Balaban J connectivity index is 2.06. The molecule has 0 aliphatic heterocycles. The summed E-state index contributed by atoms with van der Waals surface area (Å²) in [5.74, 6) is -2.72. The molecule has 0 aromatic heterocycles. The molecular weight excluding hydrogens is 358 g/mol. The van der Waals surface area contributed by atoms with E-state index in [4.69, 9.17) is 14.7 Å². The van der Waals surface area contributed by atoms with E-state index < -0.39 is 30.1 Å². The van der Waals surface area contributed by atoms with Crippen molar-refractivity contribution < 1.29 is 27.8 Å². The summed E-state index contributed by atoms with van der Waals surface area (Å²) in [5.41, 5.74) is 0.287. The first-order valence-corrected chi connectivity index (χ1v) is 7.89. The molecule has 0 fully saturated rings. The molecule has 0 unspecified atom stereocenters. The van der Waals surface area contributed by atoms with E-state index in [1.807, 2.05) is 6.07 Å². The molecule has 0 aliphatic rings. The molecule has 27 heavy (non-hydrogen) atoms. The number of methoxy groups -OCH3 is 1. The van der Waals surface area contributed by atoms with Gasteiger partial charge in [0.15, 0.2) is 18.2 Å². The summed E-state index contributed by atoms with van der Waals surface area (Å²) in [6, 6.07) is 10.5. The summed E-state index contributed by atoms with van der Waals surface area (Å²) < 4.78 is 36.4. The lowest BCUT2D eigenvalue weighted by Gasteiger charge is -2.21. The molecule has 0 aliphatic carbocycles. The summed E-state index contributed by atoms with van der Waals surface area (Å²) in [6.07, 6.45) is 0.0424. The Bertz CT molecular complexity index is 863. The highest BCUT2D eigenvalue weighted by Crippen LogP contribution is 2.19. The van der Waals surface area contributed by atoms with Gasteiger partial charge in [0.1, 0.15) is 5.82 Å². The van der Waals surface area contributed by atoms with Crippen molar-refractivity contribution in [3.63, 3.8) is 0 Å². The topological polar surface area (TPSA) is 79.6 Å². The van der Waals surface area contributed by atoms with Crippen LogP contribution in [0.4, 0.5) is 14.5 Å². The van der Waals surface area contributed by atoms with E-state index in [2.05, 4.69) is 0 Å². The van der Waals surface area contributed by atoms with Gasteiger partial charge in [-0.2, -0.15) is 5.26 Å². The number of carbonyl (C=O) groups excluding carboxylic acids is 2. The highest BCUT2D eigenvalue weighted by molar-refractivity contribution is 5.97. The number of ether oxygens (including phenoxy) is 2. The van der Waals surface area contributed by atoms with Crippen LogP contribution in [-0.4, -0.2) is 32.1 Å². The third-order valence-electron chi connectivity index (χ3n) is 3.60. The van der Waals surface area contributed by atoms with Crippen molar-refractivity contribution in [3.05, 3.63) is 59.7 Å². The molecule has 0 radical (unpaired) electrons. The Morgan fingerprint density at radius 3 is 2.44 bits per heavy atom. The zero-order valence-electron chi connectivity index (χ0n) is 14.4. The van der Waals surface area contributed by atoms with Crippen molar-refractivity contribution in [2.45, 2.75) is 6.42 Å². The van der Waals surface area contributed by atoms with Crippen molar-refractivity contribution in [3.8, 4) is 11.8 Å². The van der Waals surface area contributed by atoms with E-state index in [1.54, 1.807) is 0 Å². The summed E-state index contributed by atoms with van der Waals surface area (Å²) in [6.45, 7) is -0.565. The van der Waals surface area contributed by atoms with Crippen LogP contribution in [0.3, 0.4) is 0 Å². The maximum Gasteiger partial charge on any atom is 0.338 e. The fraction of sp³-hybridized carbons (Fsp3) is 0.211. The zero-order chi connectivity index (χ0) is 19.8. The van der Waals surface area contributed by atoms with Crippen LogP contribution < -0.4 is 9.64 Å². The van der Waals surface area contributed by atoms with E-state index in [-0.39, 0.29) is 24.3 Å². The van der Waals surface area contributed by atoms with Crippen molar-refractivity contribution in [2.75, 3.05) is 25.2 Å². The Morgan fingerprint density at radius 2 is 1.85 bits per heavy atom. The quantitative estimate of drug-likeness (QED) is 0.696. The van der Waals surface area contributed by atoms with Crippen LogP contribution in [0.2, 0.25) is 0 Å². The molecule has 2 aromatic carbocycles. The molecule has 0 spiro atoms. The van der Waals surface area contributed by atoms with Crippen LogP contribution in [0.15, 0.2) is 42.5 Å². The summed E-state index contributed by atoms with van der Waals surface area (Å²) in [5, 5.41) is 8.74. The van der Waals surface area contributed by atoms with Gasteiger partial charge in [0.25, 0.3) is 5.91 Å². The molecular formula is C19H16F2N2O4. The molecule has 1 amide bonds. The zero-order valence-corrected chi connectivity index (χ0v) is 14.4. The lowest BCUT2D eigenvalue weighted by Crippen LogP contribution is -2.35. The number of anilines is 1. The van der Waals surface area contributed by atoms with Gasteiger partial charge in [-0.05, 0) is 42.5 Å². The number of nitriles is 1. The predicted molar refractivity (Wildman–Crippen MR) is 92.2 cm³/mol. The third kappa shape index (κ3) is 5.25. The van der Waals surface area contributed by atoms with Crippen molar-refractivity contribution >= 4 is 17.6 Å². The first-order chi connectivity index (χ1) is 13.0. The number of carbonyl (C=O) groups is 2.